The number of sulfone groups is 1. The van der Waals surface area contributed by atoms with Crippen molar-refractivity contribution >= 4 is 31.6 Å². The van der Waals surface area contributed by atoms with Crippen LogP contribution in [-0.2, 0) is 24.7 Å². The molecule has 1 aromatic carbocycles. The monoisotopic (exact) mass is 538 g/mol. The minimum absolute atomic E-state index is 0.125. The Labute approximate surface area is 195 Å². The van der Waals surface area contributed by atoms with Crippen molar-refractivity contribution < 1.29 is 39.9 Å². The van der Waals surface area contributed by atoms with Crippen LogP contribution in [0.3, 0.4) is 0 Å². The Morgan fingerprint density at radius 3 is 2.23 bits per heavy atom. The number of anilines is 1. The molecule has 0 saturated heterocycles. The molecule has 2 aromatic heterocycles. The second-order valence-corrected chi connectivity index (χ2v) is 10.1. The fraction of sp³-hybridized carbons (Fsp3) is 0.188. The molecule has 0 radical (unpaired) electrons. The summed E-state index contributed by atoms with van der Waals surface area (Å²) in [5.41, 5.74) is 11.7. The third-order valence-corrected chi connectivity index (χ3v) is 6.94. The molecule has 0 atom stereocenters. The molecule has 0 saturated carbocycles. The predicted molar refractivity (Wildman–Crippen MR) is 113 cm³/mol. The van der Waals surface area contributed by atoms with E-state index in [1.54, 1.807) is 6.07 Å². The number of sulfonamides is 1. The van der Waals surface area contributed by atoms with Crippen LogP contribution >= 0.6 is 0 Å². The summed E-state index contributed by atoms with van der Waals surface area (Å²) in [7, 11) is -8.57. The Morgan fingerprint density at radius 1 is 1.14 bits per heavy atom. The van der Waals surface area contributed by atoms with Crippen LogP contribution in [0.25, 0.3) is 22.5 Å². The number of nitrogens with two attached hydrogens (primary N) is 3. The van der Waals surface area contributed by atoms with E-state index in [9.17, 15) is 30.0 Å². The average molecular weight is 538 g/mol. The third-order valence-electron chi connectivity index (χ3n) is 4.03. The van der Waals surface area contributed by atoms with Crippen LogP contribution in [0.1, 0.15) is 0 Å². The number of H-pyrrole nitrogens is 1. The predicted octanol–water partition coefficient (Wildman–Crippen LogP) is -0.476. The fourth-order valence-corrected chi connectivity index (χ4v) is 5.46. The van der Waals surface area contributed by atoms with Crippen molar-refractivity contribution in [2.75, 3.05) is 18.0 Å². The lowest BCUT2D eigenvalue weighted by Gasteiger charge is -2.16. The van der Waals surface area contributed by atoms with Crippen molar-refractivity contribution in [1.82, 2.24) is 25.6 Å². The third kappa shape index (κ3) is 6.68. The first kappa shape index (κ1) is 27.6. The van der Waals surface area contributed by atoms with Gasteiger partial charge in [-0.1, -0.05) is 6.07 Å². The number of halogens is 3. The number of nitrogens with one attached hydrogen (secondary N) is 1. The number of nitrogen functional groups attached to an aromatic ring is 1. The van der Waals surface area contributed by atoms with Gasteiger partial charge in [0.05, 0.1) is 16.2 Å². The van der Waals surface area contributed by atoms with Gasteiger partial charge in [-0.2, -0.15) is 18.4 Å². The first-order chi connectivity index (χ1) is 16.1. The van der Waals surface area contributed by atoms with Crippen molar-refractivity contribution in [3.05, 3.63) is 30.5 Å². The highest BCUT2D eigenvalue weighted by molar-refractivity contribution is 7.93. The molecule has 3 rings (SSSR count). The molecule has 14 nitrogen and oxygen atoms in total. The number of benzene rings is 1. The first-order valence-corrected chi connectivity index (χ1v) is 12.2. The molecular formula is C16H17F3N8O6S2. The summed E-state index contributed by atoms with van der Waals surface area (Å²) in [5, 5.41) is 25.8. The number of carbonyl (C=O) groups is 1. The quantitative estimate of drug-likeness (QED) is 0.267. The van der Waals surface area contributed by atoms with Gasteiger partial charge in [0.2, 0.25) is 15.8 Å². The number of aliphatic carboxylic acids is 1. The Bertz CT molecular complexity index is 1430. The van der Waals surface area contributed by atoms with Crippen molar-refractivity contribution in [2.45, 2.75) is 16.0 Å². The van der Waals surface area contributed by atoms with Crippen molar-refractivity contribution in [1.29, 1.82) is 0 Å². The van der Waals surface area contributed by atoms with E-state index in [-0.39, 0.29) is 29.3 Å². The van der Waals surface area contributed by atoms with E-state index >= 15 is 0 Å². The summed E-state index contributed by atoms with van der Waals surface area (Å²) in [4.78, 5) is 11.6. The number of rotatable bonds is 6. The Morgan fingerprint density at radius 2 is 1.77 bits per heavy atom. The van der Waals surface area contributed by atoms with Crippen LogP contribution in [0.5, 0.6) is 0 Å². The van der Waals surface area contributed by atoms with Gasteiger partial charge in [0.15, 0.2) is 9.84 Å². The van der Waals surface area contributed by atoms with Gasteiger partial charge in [-0.25, -0.2) is 31.8 Å². The molecule has 8 N–H and O–H groups in total. The summed E-state index contributed by atoms with van der Waals surface area (Å²) >= 11 is 0. The number of carboxylic acids is 1. The van der Waals surface area contributed by atoms with E-state index in [2.05, 4.69) is 25.6 Å². The van der Waals surface area contributed by atoms with Crippen molar-refractivity contribution in [3.63, 3.8) is 0 Å². The zero-order valence-electron chi connectivity index (χ0n) is 17.3. The fourth-order valence-electron chi connectivity index (χ4n) is 2.70. The molecule has 0 aliphatic heterocycles. The molecule has 35 heavy (non-hydrogen) atoms. The zero-order valence-corrected chi connectivity index (χ0v) is 18.9. The van der Waals surface area contributed by atoms with Gasteiger partial charge < -0.3 is 16.6 Å². The molecule has 0 aliphatic carbocycles. The lowest BCUT2D eigenvalue weighted by Crippen LogP contribution is -2.22. The number of nitrogens with zero attached hydrogens (tertiary/aromatic N) is 4. The number of hydrogen-bond donors (Lipinski definition) is 5. The summed E-state index contributed by atoms with van der Waals surface area (Å²) in [5.74, 6) is -3.21. The number of hydrogen-bond acceptors (Lipinski definition) is 11. The molecule has 0 bridgehead atoms. The average Bonchev–Trinajstić information content (AvgIpc) is 3.26. The van der Waals surface area contributed by atoms with E-state index < -0.39 is 47.5 Å². The van der Waals surface area contributed by atoms with Gasteiger partial charge in [-0.3, -0.25) is 0 Å². The van der Waals surface area contributed by atoms with Crippen LogP contribution in [0, 0.1) is 0 Å². The normalized spacial score (nSPS) is 12.0. The second kappa shape index (κ2) is 10.3. The summed E-state index contributed by atoms with van der Waals surface area (Å²) in [6.07, 6.45) is -3.67. The largest absolute Gasteiger partial charge is 0.490 e. The SMILES string of the molecule is NCCS(=O)(=O)c1ccc(-c2ccnc(N)c2)c(-c2nn[nH]n2)c1S(N)(=O)=O.O=C(O)C(F)(F)F. The number of primary sulfonamides is 1. The molecular weight excluding hydrogens is 521 g/mol. The smallest absolute Gasteiger partial charge is 0.475 e. The van der Waals surface area contributed by atoms with Gasteiger partial charge in [0, 0.05) is 12.7 Å². The van der Waals surface area contributed by atoms with Gasteiger partial charge in [0.25, 0.3) is 0 Å². The molecule has 0 aliphatic rings. The number of aromatic nitrogens is 5. The molecule has 0 spiro atoms. The molecule has 0 fully saturated rings. The van der Waals surface area contributed by atoms with Crippen LogP contribution in [0.4, 0.5) is 19.0 Å². The van der Waals surface area contributed by atoms with Crippen LogP contribution in [-0.4, -0.2) is 72.0 Å². The zero-order chi connectivity index (χ0) is 26.6. The maximum absolute atomic E-state index is 12.6. The standard InChI is InChI=1S/C14H16N8O4S2.C2HF3O2/c15-4-6-27(23,24)10-2-1-9(8-3-5-18-11(16)7-8)12(13(10)28(17,25)26)14-19-21-22-20-14;3-2(4,5)1(6)7/h1-3,5,7H,4,6,15H2,(H2,16,18)(H2,17,25,26)(H,19,20,21,22);(H,6,7). The van der Waals surface area contributed by atoms with Crippen molar-refractivity contribution in [2.24, 2.45) is 10.9 Å². The number of aromatic amines is 1. The molecule has 0 unspecified atom stereocenters. The number of alkyl halides is 3. The Hall–Kier alpha value is -3.68. The molecule has 19 heteroatoms. The van der Waals surface area contributed by atoms with E-state index in [4.69, 9.17) is 26.5 Å². The van der Waals surface area contributed by atoms with E-state index in [1.165, 1.54) is 18.3 Å². The second-order valence-electron chi connectivity index (χ2n) is 6.48. The maximum atomic E-state index is 12.6. The highest BCUT2D eigenvalue weighted by Crippen LogP contribution is 2.39. The first-order valence-electron chi connectivity index (χ1n) is 8.98. The highest BCUT2D eigenvalue weighted by atomic mass is 32.2. The minimum Gasteiger partial charge on any atom is -0.475 e. The minimum atomic E-state index is -5.08. The van der Waals surface area contributed by atoms with Crippen LogP contribution in [0.2, 0.25) is 0 Å². The lowest BCUT2D eigenvalue weighted by atomic mass is 10.00. The summed E-state index contributed by atoms with van der Waals surface area (Å²) in [6, 6.07) is 5.62. The molecule has 190 valence electrons. The molecule has 0 amide bonds. The number of tetrazole rings is 1. The lowest BCUT2D eigenvalue weighted by molar-refractivity contribution is -0.192. The van der Waals surface area contributed by atoms with Crippen LogP contribution in [0.15, 0.2) is 40.3 Å². The van der Waals surface area contributed by atoms with Gasteiger partial charge in [0.1, 0.15) is 10.7 Å². The van der Waals surface area contributed by atoms with Crippen LogP contribution < -0.4 is 16.6 Å². The summed E-state index contributed by atoms with van der Waals surface area (Å²) < 4.78 is 81.9. The van der Waals surface area contributed by atoms with E-state index in [1.807, 2.05) is 0 Å². The topological polar surface area (TPSA) is 251 Å². The molecule has 2 heterocycles. The van der Waals surface area contributed by atoms with Crippen molar-refractivity contribution in [3.8, 4) is 22.5 Å². The number of pyridine rings is 1. The molecule has 3 aromatic rings. The maximum Gasteiger partial charge on any atom is 0.490 e. The Balaban J connectivity index is 0.000000540. The van der Waals surface area contributed by atoms with Gasteiger partial charge >= 0.3 is 12.1 Å². The Kier molecular flexibility index (Phi) is 8.11. The van der Waals surface area contributed by atoms with Gasteiger partial charge in [-0.15, -0.1) is 10.2 Å². The van der Waals surface area contributed by atoms with Gasteiger partial charge in [-0.05, 0) is 34.5 Å². The summed E-state index contributed by atoms with van der Waals surface area (Å²) in [6.45, 7) is -0.202. The van der Waals surface area contributed by atoms with E-state index in [0.29, 0.717) is 5.56 Å². The number of carboxylic acid groups (broad SMARTS) is 1. The van der Waals surface area contributed by atoms with E-state index in [0.717, 1.165) is 6.07 Å². The highest BCUT2D eigenvalue weighted by Gasteiger charge is 2.38.